The average molecular weight is 897 g/mol. The zero-order valence-electron chi connectivity index (χ0n) is 36.2. The summed E-state index contributed by atoms with van der Waals surface area (Å²) in [6, 6.07) is 37.6. The van der Waals surface area contributed by atoms with Gasteiger partial charge in [-0.15, -0.1) is 12.8 Å². The molecule has 322 valence electrons. The Morgan fingerprint density at radius 1 is 0.738 bits per heavy atom. The minimum Gasteiger partial charge on any atom is -0.467 e. The van der Waals surface area contributed by atoms with Crippen LogP contribution < -0.4 is 5.32 Å². The van der Waals surface area contributed by atoms with E-state index in [2.05, 4.69) is 33.1 Å². The van der Waals surface area contributed by atoms with Gasteiger partial charge >= 0.3 is 11.9 Å². The Kier molecular flexibility index (Phi) is 20.7. The van der Waals surface area contributed by atoms with Crippen LogP contribution in [0.5, 0.6) is 0 Å². The highest BCUT2D eigenvalue weighted by molar-refractivity contribution is 9.09. The van der Waals surface area contributed by atoms with Gasteiger partial charge in [-0.3, -0.25) is 18.9 Å². The van der Waals surface area contributed by atoms with Crippen molar-refractivity contribution in [3.05, 3.63) is 144 Å². The third-order valence-corrected chi connectivity index (χ3v) is 10.9. The molecule has 2 aliphatic heterocycles. The van der Waals surface area contributed by atoms with E-state index in [0.717, 1.165) is 22.3 Å². The first-order valence-corrected chi connectivity index (χ1v) is 20.8. The Bertz CT molecular complexity index is 1980. The standard InChI is InChI=1S/C24H26N2O3.C21H24N2O3.C3H3Br.CH3F/c1-4-15-25(2)20-16-21(24(28)29-3)26(17-20)23(27)22(18-11-7-5-8-12-18)19-13-9-6-10-14-19;1-22-17-13-18(21(25)26-2)23(14-17)20(24)19(15-9-5-3-6-10-15)16-11-7-4-8-12-16;1-2-3-4;1-2/h1,5-14,20-22H,15-17H2,2-3H3;3-12,17-19,22H,13-14H2,1-2H3;1H,3H2;1H3/t20-,21-;17-,18-;;/m00../s1/i;;;1D. The van der Waals surface area contributed by atoms with Gasteiger partial charge in [0.05, 0.1) is 46.5 Å². The summed E-state index contributed by atoms with van der Waals surface area (Å²) in [6.07, 6.45) is 11.2. The number of benzene rings is 4. The van der Waals surface area contributed by atoms with Crippen LogP contribution in [-0.4, -0.2) is 123 Å². The molecule has 2 aliphatic rings. The Balaban J connectivity index is 0.000000288. The maximum atomic E-state index is 13.8. The van der Waals surface area contributed by atoms with E-state index in [9.17, 15) is 23.6 Å². The molecule has 2 amide bonds. The van der Waals surface area contributed by atoms with E-state index in [1.807, 2.05) is 140 Å². The first kappa shape index (κ1) is 47.9. The number of likely N-dealkylation sites (N-methyl/N-ethyl adjacent to an activating group) is 2. The molecule has 2 saturated heterocycles. The van der Waals surface area contributed by atoms with Crippen LogP contribution in [-0.2, 0) is 28.7 Å². The quantitative estimate of drug-likeness (QED) is 0.106. The van der Waals surface area contributed by atoms with Crippen molar-refractivity contribution in [1.29, 1.82) is 0 Å². The van der Waals surface area contributed by atoms with Crippen LogP contribution in [0.4, 0.5) is 4.39 Å². The molecule has 4 aromatic rings. The molecule has 61 heavy (non-hydrogen) atoms. The van der Waals surface area contributed by atoms with Crippen LogP contribution in [0.3, 0.4) is 0 Å². The summed E-state index contributed by atoms with van der Waals surface area (Å²) in [5.74, 6) is 3.11. The summed E-state index contributed by atoms with van der Waals surface area (Å²) >= 11 is 3.01. The van der Waals surface area contributed by atoms with Gasteiger partial charge in [-0.25, -0.2) is 9.59 Å². The summed E-state index contributed by atoms with van der Waals surface area (Å²) in [4.78, 5) is 57.3. The molecule has 0 spiro atoms. The van der Waals surface area contributed by atoms with Crippen molar-refractivity contribution in [2.24, 2.45) is 0 Å². The number of alkyl halides is 2. The number of amides is 2. The number of carbonyl (C=O) groups excluding carboxylic acids is 4. The predicted molar refractivity (Wildman–Crippen MR) is 241 cm³/mol. The molecule has 2 heterocycles. The van der Waals surface area contributed by atoms with Gasteiger partial charge in [-0.05, 0) is 49.2 Å². The van der Waals surface area contributed by atoms with Crippen LogP contribution in [0.2, 0.25) is 0 Å². The number of hydrogen-bond donors (Lipinski definition) is 1. The molecule has 0 bridgehead atoms. The number of nitrogens with one attached hydrogen (secondary N) is 1. The summed E-state index contributed by atoms with van der Waals surface area (Å²) in [6.45, 7) is 1.39. The molecule has 0 aromatic heterocycles. The van der Waals surface area contributed by atoms with Gasteiger partial charge in [-0.1, -0.05) is 149 Å². The molecule has 0 aliphatic carbocycles. The van der Waals surface area contributed by atoms with E-state index in [1.165, 1.54) is 14.2 Å². The molecular formula is C49H56BrFN4O6. The van der Waals surface area contributed by atoms with Crippen molar-refractivity contribution >= 4 is 39.7 Å². The lowest BCUT2D eigenvalue weighted by Gasteiger charge is -2.28. The van der Waals surface area contributed by atoms with Crippen molar-refractivity contribution in [1.82, 2.24) is 20.0 Å². The minimum absolute atomic E-state index is 0.00583. The van der Waals surface area contributed by atoms with Gasteiger partial charge in [0.1, 0.15) is 12.1 Å². The SMILES string of the molecule is C#CCBr.C#CCN(C)[C@H]1C[C@@H](C(=O)OC)N(C(=O)C(c2ccccc2)c2ccccc2)C1.CN[C@H]1C[C@@H](C(=O)OC)N(C(=O)C(c2ccccc2)c2ccccc2)C1.[2H]CF. The van der Waals surface area contributed by atoms with E-state index in [4.69, 9.17) is 23.7 Å². The first-order valence-electron chi connectivity index (χ1n) is 20.4. The molecule has 0 radical (unpaired) electrons. The molecule has 1 N–H and O–H groups in total. The van der Waals surface area contributed by atoms with Crippen LogP contribution in [0.25, 0.3) is 0 Å². The van der Waals surface area contributed by atoms with Crippen LogP contribution >= 0.6 is 15.9 Å². The lowest BCUT2D eigenvalue weighted by Crippen LogP contribution is -2.44. The summed E-state index contributed by atoms with van der Waals surface area (Å²) in [7, 11) is 5.48. The lowest BCUT2D eigenvalue weighted by molar-refractivity contribution is -0.151. The number of nitrogens with zero attached hydrogens (tertiary/aromatic N) is 3. The number of rotatable bonds is 11. The molecular weight excluding hydrogens is 839 g/mol. The average Bonchev–Trinajstić information content (AvgIpc) is 3.97. The van der Waals surface area contributed by atoms with Crippen LogP contribution in [0, 0.1) is 24.7 Å². The summed E-state index contributed by atoms with van der Waals surface area (Å²) in [5.41, 5.74) is 3.63. The van der Waals surface area contributed by atoms with Gasteiger partial charge in [0.15, 0.2) is 0 Å². The number of ether oxygens (including phenoxy) is 2. The third kappa shape index (κ3) is 13.6. The van der Waals surface area contributed by atoms with E-state index in [-0.39, 0.29) is 29.9 Å². The Hall–Kier alpha value is -5.79. The molecule has 4 aromatic carbocycles. The predicted octanol–water partition coefficient (Wildman–Crippen LogP) is 6.31. The summed E-state index contributed by atoms with van der Waals surface area (Å²) in [5, 5.41) is 3.83. The molecule has 0 saturated carbocycles. The van der Waals surface area contributed by atoms with Crippen molar-refractivity contribution in [3.8, 4) is 24.7 Å². The number of terminal acetylenes is 2. The topological polar surface area (TPSA) is 108 Å². The number of esters is 2. The monoisotopic (exact) mass is 895 g/mol. The van der Waals surface area contributed by atoms with E-state index in [0.29, 0.717) is 37.8 Å². The molecule has 2 fully saturated rings. The number of likely N-dealkylation sites (tertiary alicyclic amines) is 2. The zero-order valence-corrected chi connectivity index (χ0v) is 36.7. The van der Waals surface area contributed by atoms with Crippen LogP contribution in [0.1, 0.15) is 48.3 Å². The lowest BCUT2D eigenvalue weighted by atomic mass is 9.90. The third-order valence-electron chi connectivity index (χ3n) is 10.6. The highest BCUT2D eigenvalue weighted by Crippen LogP contribution is 2.33. The fraction of sp³-hybridized carbons (Fsp3) is 0.347. The fourth-order valence-electron chi connectivity index (χ4n) is 7.53. The van der Waals surface area contributed by atoms with Crippen LogP contribution in [0.15, 0.2) is 121 Å². The van der Waals surface area contributed by atoms with Gasteiger partial charge < -0.3 is 24.6 Å². The van der Waals surface area contributed by atoms with Crippen molar-refractivity contribution in [3.63, 3.8) is 0 Å². The first-order chi connectivity index (χ1) is 30.0. The number of methoxy groups -OCH3 is 2. The van der Waals surface area contributed by atoms with E-state index in [1.54, 1.807) is 9.80 Å². The van der Waals surface area contributed by atoms with Gasteiger partial charge in [-0.2, -0.15) is 0 Å². The fourth-order valence-corrected chi connectivity index (χ4v) is 7.53. The number of carbonyl (C=O) groups is 4. The molecule has 10 nitrogen and oxygen atoms in total. The second-order valence-corrected chi connectivity index (χ2v) is 14.7. The Morgan fingerprint density at radius 2 is 1.08 bits per heavy atom. The smallest absolute Gasteiger partial charge is 0.328 e. The second kappa shape index (κ2) is 26.4. The van der Waals surface area contributed by atoms with Crippen molar-refractivity contribution in [2.75, 3.05) is 60.4 Å². The van der Waals surface area contributed by atoms with Gasteiger partial charge in [0.25, 0.3) is 0 Å². The van der Waals surface area contributed by atoms with E-state index < -0.39 is 37.0 Å². The number of hydrogen-bond acceptors (Lipinski definition) is 8. The summed E-state index contributed by atoms with van der Waals surface area (Å²) < 4.78 is 25.4. The molecule has 6 rings (SSSR count). The minimum atomic E-state index is -1.00. The zero-order chi connectivity index (χ0) is 45.4. The second-order valence-electron chi connectivity index (χ2n) is 14.1. The molecule has 0 unspecified atom stereocenters. The number of halogens is 2. The van der Waals surface area contributed by atoms with Gasteiger partial charge in [0, 0.05) is 25.2 Å². The maximum Gasteiger partial charge on any atom is 0.328 e. The largest absolute Gasteiger partial charge is 0.467 e. The molecule has 12 heteroatoms. The van der Waals surface area contributed by atoms with Crippen molar-refractivity contribution in [2.45, 2.75) is 48.8 Å². The highest BCUT2D eigenvalue weighted by atomic mass is 79.9. The molecule has 4 atom stereocenters. The normalized spacial score (nSPS) is 17.9. The Morgan fingerprint density at radius 3 is 1.39 bits per heavy atom. The van der Waals surface area contributed by atoms with E-state index >= 15 is 0 Å². The Labute approximate surface area is 370 Å². The van der Waals surface area contributed by atoms with Gasteiger partial charge in [0.2, 0.25) is 11.8 Å². The van der Waals surface area contributed by atoms with Crippen molar-refractivity contribution < 1.29 is 34.4 Å². The maximum absolute atomic E-state index is 13.8. The highest BCUT2D eigenvalue weighted by Gasteiger charge is 2.44.